The van der Waals surface area contributed by atoms with Crippen molar-refractivity contribution in [2.45, 2.75) is 63.8 Å². The first-order valence-corrected chi connectivity index (χ1v) is 6.03. The van der Waals surface area contributed by atoms with Crippen molar-refractivity contribution in [2.75, 3.05) is 6.61 Å². The van der Waals surface area contributed by atoms with Crippen molar-refractivity contribution in [1.82, 2.24) is 5.32 Å². The lowest BCUT2D eigenvalue weighted by molar-refractivity contribution is 0.0216. The number of rotatable bonds is 2. The first kappa shape index (κ1) is 14.2. The van der Waals surface area contributed by atoms with Crippen LogP contribution in [0.3, 0.4) is 0 Å². The third-order valence-corrected chi connectivity index (χ3v) is 2.89. The van der Waals surface area contributed by atoms with E-state index in [0.717, 1.165) is 0 Å². The average Bonchev–Trinajstić information content (AvgIpc) is 2.19. The lowest BCUT2D eigenvalue weighted by Crippen LogP contribution is -2.44. The number of hydrogen-bond acceptors (Lipinski definition) is 3. The summed E-state index contributed by atoms with van der Waals surface area (Å²) in [7, 11) is 0. The van der Waals surface area contributed by atoms with E-state index in [1.807, 2.05) is 0 Å². The molecule has 0 aromatic rings. The molecule has 1 rings (SSSR count). The van der Waals surface area contributed by atoms with Gasteiger partial charge in [0.15, 0.2) is 0 Å². The van der Waals surface area contributed by atoms with E-state index in [1.54, 1.807) is 20.8 Å². The van der Waals surface area contributed by atoms with Gasteiger partial charge in [-0.25, -0.2) is 9.18 Å². The van der Waals surface area contributed by atoms with Crippen molar-refractivity contribution in [1.29, 1.82) is 0 Å². The van der Waals surface area contributed by atoms with Crippen molar-refractivity contribution in [3.8, 4) is 0 Å². The Morgan fingerprint density at radius 1 is 1.47 bits per heavy atom. The molecule has 1 saturated carbocycles. The molecule has 0 heterocycles. The molecular formula is C12H22FNO3. The highest BCUT2D eigenvalue weighted by Crippen LogP contribution is 2.31. The smallest absolute Gasteiger partial charge is 0.407 e. The Morgan fingerprint density at radius 3 is 2.41 bits per heavy atom. The van der Waals surface area contributed by atoms with E-state index in [4.69, 9.17) is 9.84 Å². The Bertz CT molecular complexity index is 267. The molecule has 0 aromatic heterocycles. The molecule has 1 aliphatic rings. The van der Waals surface area contributed by atoms with E-state index in [-0.39, 0.29) is 18.9 Å². The summed E-state index contributed by atoms with van der Waals surface area (Å²) >= 11 is 0. The van der Waals surface area contributed by atoms with E-state index in [2.05, 4.69) is 5.32 Å². The number of nitrogens with one attached hydrogen (secondary N) is 1. The van der Waals surface area contributed by atoms with Crippen molar-refractivity contribution in [3.05, 3.63) is 0 Å². The minimum Gasteiger partial charge on any atom is -0.444 e. The molecular weight excluding hydrogens is 225 g/mol. The number of aliphatic hydroxyl groups excluding tert-OH is 1. The van der Waals surface area contributed by atoms with Crippen molar-refractivity contribution >= 4 is 6.09 Å². The van der Waals surface area contributed by atoms with Crippen LogP contribution < -0.4 is 5.32 Å². The van der Waals surface area contributed by atoms with Gasteiger partial charge in [-0.15, -0.1) is 0 Å². The van der Waals surface area contributed by atoms with E-state index in [0.29, 0.717) is 12.8 Å². The van der Waals surface area contributed by atoms with Gasteiger partial charge in [-0.1, -0.05) is 0 Å². The molecule has 5 heteroatoms. The summed E-state index contributed by atoms with van der Waals surface area (Å²) in [5.74, 6) is 0. The lowest BCUT2D eigenvalue weighted by atomic mass is 9.84. The number of aliphatic hydroxyl groups is 1. The summed E-state index contributed by atoms with van der Waals surface area (Å²) in [6, 6.07) is -0.0553. The summed E-state index contributed by atoms with van der Waals surface area (Å²) in [5, 5.41) is 11.6. The third-order valence-electron chi connectivity index (χ3n) is 2.89. The maximum absolute atomic E-state index is 13.7. The first-order chi connectivity index (χ1) is 7.74. The second kappa shape index (κ2) is 5.21. The summed E-state index contributed by atoms with van der Waals surface area (Å²) in [6.07, 6.45) is 1.18. The second-order valence-corrected chi connectivity index (χ2v) is 5.73. The largest absolute Gasteiger partial charge is 0.444 e. The highest BCUT2D eigenvalue weighted by molar-refractivity contribution is 5.68. The molecule has 2 N–H and O–H groups in total. The minimum absolute atomic E-state index is 0.0553. The van der Waals surface area contributed by atoms with Crippen LogP contribution in [0.25, 0.3) is 0 Å². The zero-order valence-electron chi connectivity index (χ0n) is 10.8. The maximum Gasteiger partial charge on any atom is 0.407 e. The third kappa shape index (κ3) is 4.89. The van der Waals surface area contributed by atoms with Crippen LogP contribution in [0.2, 0.25) is 0 Å². The van der Waals surface area contributed by atoms with Gasteiger partial charge in [0.05, 0.1) is 6.61 Å². The molecule has 0 atom stereocenters. The summed E-state index contributed by atoms with van der Waals surface area (Å²) in [4.78, 5) is 11.5. The van der Waals surface area contributed by atoms with Gasteiger partial charge in [-0.3, -0.25) is 0 Å². The van der Waals surface area contributed by atoms with Crippen LogP contribution in [0, 0.1) is 0 Å². The molecule has 4 nitrogen and oxygen atoms in total. The Morgan fingerprint density at radius 2 is 2.00 bits per heavy atom. The standard InChI is InChI=1S/C12H22FNO3/c1-11(2,3)17-10(16)14-9-4-6-12(13,8-15)7-5-9/h9,15H,4-8H2,1-3H3,(H,14,16). The van der Waals surface area contributed by atoms with Gasteiger partial charge in [0.1, 0.15) is 11.3 Å². The molecule has 0 spiro atoms. The van der Waals surface area contributed by atoms with Crippen LogP contribution in [0.1, 0.15) is 46.5 Å². The number of carbonyl (C=O) groups excluding carboxylic acids is 1. The van der Waals surface area contributed by atoms with Gasteiger partial charge in [0, 0.05) is 6.04 Å². The fraction of sp³-hybridized carbons (Fsp3) is 0.917. The van der Waals surface area contributed by atoms with Gasteiger partial charge in [-0.2, -0.15) is 0 Å². The van der Waals surface area contributed by atoms with Gasteiger partial charge >= 0.3 is 6.09 Å². The van der Waals surface area contributed by atoms with E-state index in [9.17, 15) is 9.18 Å². The molecule has 1 fully saturated rings. The molecule has 17 heavy (non-hydrogen) atoms. The Labute approximate surface area is 102 Å². The Hall–Kier alpha value is -0.840. The first-order valence-electron chi connectivity index (χ1n) is 6.03. The van der Waals surface area contributed by atoms with Crippen LogP contribution in [0.15, 0.2) is 0 Å². The fourth-order valence-corrected chi connectivity index (χ4v) is 1.91. The van der Waals surface area contributed by atoms with Crippen molar-refractivity contribution in [3.63, 3.8) is 0 Å². The van der Waals surface area contributed by atoms with Gasteiger partial charge < -0.3 is 15.2 Å². The summed E-state index contributed by atoms with van der Waals surface area (Å²) in [5.41, 5.74) is -1.99. The highest BCUT2D eigenvalue weighted by Gasteiger charge is 2.35. The Kier molecular flexibility index (Phi) is 4.36. The maximum atomic E-state index is 13.7. The van der Waals surface area contributed by atoms with Crippen LogP contribution in [-0.4, -0.2) is 35.1 Å². The number of ether oxygens (including phenoxy) is 1. The topological polar surface area (TPSA) is 58.6 Å². The zero-order valence-corrected chi connectivity index (χ0v) is 10.8. The molecule has 0 bridgehead atoms. The summed E-state index contributed by atoms with van der Waals surface area (Å²) < 4.78 is 18.8. The van der Waals surface area contributed by atoms with E-state index in [1.165, 1.54) is 0 Å². The van der Waals surface area contributed by atoms with Crippen LogP contribution in [0.4, 0.5) is 9.18 Å². The number of alkyl carbamates (subject to hydrolysis) is 1. The number of halogens is 1. The molecule has 0 radical (unpaired) electrons. The quantitative estimate of drug-likeness (QED) is 0.786. The molecule has 1 aliphatic carbocycles. The predicted octanol–water partition coefficient (Wildman–Crippen LogP) is 2.15. The van der Waals surface area contributed by atoms with Gasteiger partial charge in [0.2, 0.25) is 0 Å². The summed E-state index contributed by atoms with van der Waals surface area (Å²) in [6.45, 7) is 4.95. The Balaban J connectivity index is 2.34. The molecule has 0 saturated heterocycles. The molecule has 0 aromatic carbocycles. The normalized spacial score (nSPS) is 29.8. The lowest BCUT2D eigenvalue weighted by Gasteiger charge is -2.33. The predicted molar refractivity (Wildman–Crippen MR) is 62.6 cm³/mol. The number of amides is 1. The SMILES string of the molecule is CC(C)(C)OC(=O)NC1CCC(F)(CO)CC1. The monoisotopic (exact) mass is 247 g/mol. The van der Waals surface area contributed by atoms with Gasteiger partial charge in [0.25, 0.3) is 0 Å². The number of carbonyl (C=O) groups is 1. The second-order valence-electron chi connectivity index (χ2n) is 5.73. The molecule has 0 unspecified atom stereocenters. The molecule has 1 amide bonds. The van der Waals surface area contributed by atoms with Crippen molar-refractivity contribution in [2.24, 2.45) is 0 Å². The minimum atomic E-state index is -1.47. The highest BCUT2D eigenvalue weighted by atomic mass is 19.1. The number of alkyl halides is 1. The van der Waals surface area contributed by atoms with Crippen LogP contribution >= 0.6 is 0 Å². The average molecular weight is 247 g/mol. The molecule has 100 valence electrons. The van der Waals surface area contributed by atoms with Crippen LogP contribution in [0.5, 0.6) is 0 Å². The van der Waals surface area contributed by atoms with Gasteiger partial charge in [-0.05, 0) is 46.5 Å². The van der Waals surface area contributed by atoms with Crippen LogP contribution in [-0.2, 0) is 4.74 Å². The fourth-order valence-electron chi connectivity index (χ4n) is 1.91. The molecule has 0 aliphatic heterocycles. The van der Waals surface area contributed by atoms with Crippen molar-refractivity contribution < 1.29 is 19.0 Å². The van der Waals surface area contributed by atoms with E-state index < -0.39 is 24.0 Å². The zero-order chi connectivity index (χ0) is 13.1. The number of hydrogen-bond donors (Lipinski definition) is 2. The van der Waals surface area contributed by atoms with E-state index >= 15 is 0 Å².